The van der Waals surface area contributed by atoms with E-state index in [1.54, 1.807) is 4.68 Å². The van der Waals surface area contributed by atoms with Gasteiger partial charge in [-0.05, 0) is 36.8 Å². The molecule has 0 fully saturated rings. The summed E-state index contributed by atoms with van der Waals surface area (Å²) in [4.78, 5) is 4.26. The average Bonchev–Trinajstić information content (AvgIpc) is 2.46. The van der Waals surface area contributed by atoms with Crippen LogP contribution in [0.15, 0.2) is 22.7 Å². The van der Waals surface area contributed by atoms with E-state index in [0.717, 1.165) is 15.9 Å². The highest BCUT2D eigenvalue weighted by atomic mass is 79.9. The van der Waals surface area contributed by atoms with Crippen LogP contribution in [0.5, 0.6) is 0 Å². The van der Waals surface area contributed by atoms with Crippen molar-refractivity contribution < 1.29 is 0 Å². The van der Waals surface area contributed by atoms with Crippen LogP contribution in [0.4, 0.5) is 0 Å². The number of H-pyrrole nitrogens is 1. The van der Waals surface area contributed by atoms with Crippen molar-refractivity contribution in [2.45, 2.75) is 6.92 Å². The van der Waals surface area contributed by atoms with Gasteiger partial charge in [0.25, 0.3) is 0 Å². The molecule has 1 N–H and O–H groups in total. The topological polar surface area (TPSA) is 33.6 Å². The minimum absolute atomic E-state index is 0.553. The molecule has 1 aromatic carbocycles. The summed E-state index contributed by atoms with van der Waals surface area (Å²) in [5.74, 6) is 0.786. The lowest BCUT2D eigenvalue weighted by Crippen LogP contribution is -1.90. The van der Waals surface area contributed by atoms with E-state index in [1.807, 2.05) is 19.2 Å². The fourth-order valence-corrected chi connectivity index (χ4v) is 2.15. The maximum atomic E-state index is 5.05. The number of nitrogens with zero attached hydrogens (tertiary/aromatic N) is 2. The Morgan fingerprint density at radius 3 is 2.73 bits per heavy atom. The second-order valence-electron chi connectivity index (χ2n) is 3.40. The van der Waals surface area contributed by atoms with E-state index in [1.165, 1.54) is 5.56 Å². The number of halogens is 1. The molecule has 0 spiro atoms. The van der Waals surface area contributed by atoms with Gasteiger partial charge in [0.05, 0.1) is 0 Å². The Labute approximate surface area is 101 Å². The summed E-state index contributed by atoms with van der Waals surface area (Å²) in [6.45, 7) is 2.05. The van der Waals surface area contributed by atoms with Crippen molar-refractivity contribution in [2.75, 3.05) is 0 Å². The second-order valence-corrected chi connectivity index (χ2v) is 4.62. The third-order valence-corrected chi connectivity index (χ3v) is 3.17. The second kappa shape index (κ2) is 3.90. The van der Waals surface area contributed by atoms with Crippen LogP contribution in [-0.2, 0) is 7.05 Å². The molecule has 2 rings (SSSR count). The number of hydrogen-bond acceptors (Lipinski definition) is 2. The van der Waals surface area contributed by atoms with Gasteiger partial charge in [-0.1, -0.05) is 22.0 Å². The van der Waals surface area contributed by atoms with Gasteiger partial charge < -0.3 is 0 Å². The Bertz CT molecular complexity index is 556. The summed E-state index contributed by atoms with van der Waals surface area (Å²) in [7, 11) is 1.85. The first-order valence-corrected chi connectivity index (χ1v) is 5.67. The maximum absolute atomic E-state index is 5.05. The van der Waals surface area contributed by atoms with Crippen molar-refractivity contribution in [1.29, 1.82) is 0 Å². The summed E-state index contributed by atoms with van der Waals surface area (Å²) >= 11 is 8.56. The summed E-state index contributed by atoms with van der Waals surface area (Å²) in [6.07, 6.45) is 0. The first-order valence-electron chi connectivity index (χ1n) is 4.47. The highest BCUT2D eigenvalue weighted by Gasteiger charge is 2.06. The van der Waals surface area contributed by atoms with E-state index in [-0.39, 0.29) is 0 Å². The molecule has 0 saturated carbocycles. The number of rotatable bonds is 1. The lowest BCUT2D eigenvalue weighted by Gasteiger charge is -2.01. The van der Waals surface area contributed by atoms with Crippen molar-refractivity contribution in [2.24, 2.45) is 7.05 Å². The van der Waals surface area contributed by atoms with Crippen LogP contribution in [0.3, 0.4) is 0 Å². The largest absolute Gasteiger partial charge is 0.279 e. The van der Waals surface area contributed by atoms with Crippen LogP contribution in [0.2, 0.25) is 0 Å². The number of aryl methyl sites for hydroxylation is 2. The molecule has 0 aliphatic carbocycles. The molecular weight excluding hydrogens is 274 g/mol. The highest BCUT2D eigenvalue weighted by Crippen LogP contribution is 2.26. The fraction of sp³-hybridized carbons (Fsp3) is 0.200. The molecule has 0 unspecified atom stereocenters. The molecule has 15 heavy (non-hydrogen) atoms. The van der Waals surface area contributed by atoms with Crippen molar-refractivity contribution in [3.63, 3.8) is 0 Å². The quantitative estimate of drug-likeness (QED) is 0.816. The Kier molecular flexibility index (Phi) is 2.75. The van der Waals surface area contributed by atoms with Crippen LogP contribution in [0.1, 0.15) is 5.56 Å². The number of benzene rings is 1. The zero-order chi connectivity index (χ0) is 11.0. The van der Waals surface area contributed by atoms with Gasteiger partial charge in [0, 0.05) is 17.1 Å². The van der Waals surface area contributed by atoms with Crippen molar-refractivity contribution in [3.05, 3.63) is 33.0 Å². The minimum atomic E-state index is 0.553. The number of hydrogen-bond donors (Lipinski definition) is 1. The molecular formula is C10H10BrN3S. The lowest BCUT2D eigenvalue weighted by molar-refractivity contribution is 0.756. The predicted octanol–water partition coefficient (Wildman–Crippen LogP) is 3.22. The van der Waals surface area contributed by atoms with Crippen molar-refractivity contribution in [3.8, 4) is 11.4 Å². The number of aromatic amines is 1. The van der Waals surface area contributed by atoms with Gasteiger partial charge in [-0.25, -0.2) is 0 Å². The molecule has 0 aliphatic heterocycles. The minimum Gasteiger partial charge on any atom is -0.279 e. The van der Waals surface area contributed by atoms with E-state index < -0.39 is 0 Å². The third kappa shape index (κ3) is 2.03. The highest BCUT2D eigenvalue weighted by molar-refractivity contribution is 9.10. The zero-order valence-electron chi connectivity index (χ0n) is 8.41. The predicted molar refractivity (Wildman–Crippen MR) is 66.3 cm³/mol. The number of nitrogens with one attached hydrogen (secondary N) is 1. The lowest BCUT2D eigenvalue weighted by atomic mass is 10.1. The first-order chi connectivity index (χ1) is 7.08. The Hall–Kier alpha value is -0.940. The van der Waals surface area contributed by atoms with Gasteiger partial charge in [0.2, 0.25) is 4.77 Å². The monoisotopic (exact) mass is 283 g/mol. The summed E-state index contributed by atoms with van der Waals surface area (Å²) < 4.78 is 3.29. The van der Waals surface area contributed by atoms with E-state index in [2.05, 4.69) is 39.0 Å². The van der Waals surface area contributed by atoms with E-state index in [4.69, 9.17) is 12.2 Å². The molecule has 78 valence electrons. The van der Waals surface area contributed by atoms with Crippen LogP contribution in [0.25, 0.3) is 11.4 Å². The van der Waals surface area contributed by atoms with Crippen LogP contribution >= 0.6 is 28.1 Å². The van der Waals surface area contributed by atoms with Gasteiger partial charge in [-0.2, -0.15) is 4.98 Å². The Balaban J connectivity index is 2.59. The van der Waals surface area contributed by atoms with Gasteiger partial charge in [0.1, 0.15) is 0 Å². The standard InChI is InChI=1S/C10H10BrN3S/c1-6-3-4-7(8(11)5-6)9-12-10(15)14(2)13-9/h3-5H,1-2H3,(H,12,13,15). The van der Waals surface area contributed by atoms with Crippen LogP contribution < -0.4 is 0 Å². The van der Waals surface area contributed by atoms with Crippen molar-refractivity contribution in [1.82, 2.24) is 14.8 Å². The van der Waals surface area contributed by atoms with E-state index >= 15 is 0 Å². The summed E-state index contributed by atoms with van der Waals surface area (Å²) in [6, 6.07) is 6.12. The molecule has 3 nitrogen and oxygen atoms in total. The van der Waals surface area contributed by atoms with E-state index in [9.17, 15) is 0 Å². The third-order valence-electron chi connectivity index (χ3n) is 2.15. The van der Waals surface area contributed by atoms with Crippen LogP contribution in [0, 0.1) is 11.7 Å². The average molecular weight is 284 g/mol. The summed E-state index contributed by atoms with van der Waals surface area (Å²) in [5, 5.41) is 3.09. The normalized spacial score (nSPS) is 10.6. The molecule has 0 aliphatic rings. The SMILES string of the molecule is Cc1ccc(-c2nc(=S)n(C)[nH]2)c(Br)c1. The van der Waals surface area contributed by atoms with E-state index in [0.29, 0.717) is 4.77 Å². The Morgan fingerprint density at radius 1 is 1.47 bits per heavy atom. The number of aromatic nitrogens is 3. The van der Waals surface area contributed by atoms with Gasteiger partial charge >= 0.3 is 0 Å². The molecule has 1 aromatic heterocycles. The van der Waals surface area contributed by atoms with Gasteiger partial charge in [-0.3, -0.25) is 9.78 Å². The summed E-state index contributed by atoms with van der Waals surface area (Å²) in [5.41, 5.74) is 2.23. The molecule has 0 radical (unpaired) electrons. The fourth-order valence-electron chi connectivity index (χ4n) is 1.33. The molecule has 0 amide bonds. The molecule has 0 saturated heterocycles. The van der Waals surface area contributed by atoms with Gasteiger partial charge in [-0.15, -0.1) is 0 Å². The molecule has 0 bridgehead atoms. The van der Waals surface area contributed by atoms with Gasteiger partial charge in [0.15, 0.2) is 5.82 Å². The molecule has 0 atom stereocenters. The van der Waals surface area contributed by atoms with Crippen molar-refractivity contribution >= 4 is 28.1 Å². The first kappa shape index (κ1) is 10.6. The Morgan fingerprint density at radius 2 is 2.20 bits per heavy atom. The maximum Gasteiger partial charge on any atom is 0.216 e. The zero-order valence-corrected chi connectivity index (χ0v) is 10.8. The smallest absolute Gasteiger partial charge is 0.216 e. The van der Waals surface area contributed by atoms with Crippen LogP contribution in [-0.4, -0.2) is 14.8 Å². The molecule has 2 aromatic rings. The molecule has 5 heteroatoms. The molecule has 1 heterocycles.